The molecule has 0 saturated carbocycles. The molecule has 1 radical (unpaired) electrons. The predicted molar refractivity (Wildman–Crippen MR) is 200 cm³/mol. The standard InChI is InChI=1S/C14H14.C13H11BN2.2C6H7P.Pt/c1-3-7-13(8-4-1)11-12-14-9-5-2-6-10-14;1-15-12-9-5-6-10-13(12)16(14-15)11-7-3-2-4-8-11;2*7-6-4-2-1-3-5-6;/h1-10H,11-12H2;2-7,9-10H,1H3;2*1-5H,7H2;/q;-1;;;. The minimum atomic E-state index is 0. The SMILES string of the molecule is CN1[B]N(c2[c-]cccc2)c2ccccc21.Pc1ccccc1.Pc1ccccc1.[Pt].c1ccc(CCc2ccccc2)cc1. The number of hydrogen-bond acceptors (Lipinski definition) is 2. The Balaban J connectivity index is 0.000000173. The van der Waals surface area contributed by atoms with E-state index in [2.05, 4.69) is 140 Å². The summed E-state index contributed by atoms with van der Waals surface area (Å²) in [7, 11) is 9.40. The molecule has 0 amide bonds. The number of fused-ring (bicyclic) bond motifs is 1. The fourth-order valence-corrected chi connectivity index (χ4v) is 4.92. The molecule has 2 atom stereocenters. The van der Waals surface area contributed by atoms with Crippen LogP contribution in [-0.4, -0.2) is 14.6 Å². The number of rotatable bonds is 4. The number of anilines is 3. The van der Waals surface area contributed by atoms with Gasteiger partial charge in [-0.05, 0) is 53.8 Å². The van der Waals surface area contributed by atoms with Crippen LogP contribution in [0.5, 0.6) is 0 Å². The van der Waals surface area contributed by atoms with E-state index < -0.39 is 0 Å². The number of benzene rings is 6. The quantitative estimate of drug-likeness (QED) is 0.100. The van der Waals surface area contributed by atoms with Gasteiger partial charge in [0.2, 0.25) is 0 Å². The van der Waals surface area contributed by atoms with Gasteiger partial charge in [0.05, 0.1) is 5.69 Å². The summed E-state index contributed by atoms with van der Waals surface area (Å²) in [4.78, 5) is 4.27. The Bertz CT molecular complexity index is 1530. The van der Waals surface area contributed by atoms with Gasteiger partial charge >= 0.3 is 7.55 Å². The monoisotopic (exact) mass is 803 g/mol. The van der Waals surface area contributed by atoms with E-state index in [1.165, 1.54) is 33.1 Å². The molecule has 0 aliphatic carbocycles. The maximum atomic E-state index is 3.24. The molecular formula is C39H39BN2P2Pt-. The van der Waals surface area contributed by atoms with E-state index in [1.54, 1.807) is 0 Å². The molecule has 0 bridgehead atoms. The van der Waals surface area contributed by atoms with Crippen molar-refractivity contribution in [2.24, 2.45) is 0 Å². The summed E-state index contributed by atoms with van der Waals surface area (Å²) < 4.78 is 0. The van der Waals surface area contributed by atoms with Gasteiger partial charge in [-0.15, -0.1) is 24.5 Å². The molecular weight excluding hydrogens is 764 g/mol. The molecule has 1 aliphatic rings. The van der Waals surface area contributed by atoms with E-state index >= 15 is 0 Å². The van der Waals surface area contributed by atoms with E-state index in [9.17, 15) is 0 Å². The number of hydrogen-bond donors (Lipinski definition) is 0. The molecule has 229 valence electrons. The van der Waals surface area contributed by atoms with Crippen molar-refractivity contribution in [3.63, 3.8) is 0 Å². The van der Waals surface area contributed by atoms with Crippen LogP contribution < -0.4 is 20.2 Å². The fraction of sp³-hybridized carbons (Fsp3) is 0.0769. The third-order valence-corrected chi connectivity index (χ3v) is 7.52. The first-order valence-electron chi connectivity index (χ1n) is 14.7. The van der Waals surface area contributed by atoms with Gasteiger partial charge < -0.3 is 9.62 Å². The Morgan fingerprint density at radius 3 is 1.31 bits per heavy atom. The third kappa shape index (κ3) is 12.8. The van der Waals surface area contributed by atoms with Crippen LogP contribution in [0.2, 0.25) is 0 Å². The second kappa shape index (κ2) is 20.5. The average molecular weight is 804 g/mol. The second-order valence-corrected chi connectivity index (χ2v) is 11.5. The Morgan fingerprint density at radius 1 is 0.511 bits per heavy atom. The summed E-state index contributed by atoms with van der Waals surface area (Å²) >= 11 is 0. The van der Waals surface area contributed by atoms with Crippen molar-refractivity contribution in [2.75, 3.05) is 16.7 Å². The molecule has 45 heavy (non-hydrogen) atoms. The van der Waals surface area contributed by atoms with Crippen LogP contribution in [0.4, 0.5) is 17.1 Å². The maximum absolute atomic E-state index is 3.24. The summed E-state index contributed by atoms with van der Waals surface area (Å²) in [5.74, 6) is 0. The minimum absolute atomic E-state index is 0. The van der Waals surface area contributed by atoms with Gasteiger partial charge in [-0.1, -0.05) is 139 Å². The molecule has 0 saturated heterocycles. The molecule has 6 aromatic rings. The number of para-hydroxylation sites is 3. The van der Waals surface area contributed by atoms with Crippen LogP contribution in [0.25, 0.3) is 0 Å². The van der Waals surface area contributed by atoms with Crippen molar-refractivity contribution >= 4 is 53.7 Å². The van der Waals surface area contributed by atoms with Crippen LogP contribution in [-0.2, 0) is 33.9 Å². The van der Waals surface area contributed by atoms with Crippen molar-refractivity contribution in [3.05, 3.63) is 187 Å². The molecule has 1 heterocycles. The normalized spacial score (nSPS) is 10.6. The molecule has 1 aliphatic heterocycles. The summed E-state index contributed by atoms with van der Waals surface area (Å²) in [6, 6.07) is 61.1. The molecule has 0 spiro atoms. The minimum Gasteiger partial charge on any atom is -0.400 e. The molecule has 7 rings (SSSR count). The summed E-state index contributed by atoms with van der Waals surface area (Å²) in [5, 5.41) is 2.48. The van der Waals surface area contributed by atoms with Crippen molar-refractivity contribution < 1.29 is 21.1 Å². The van der Waals surface area contributed by atoms with E-state index in [1.807, 2.05) is 78.9 Å². The van der Waals surface area contributed by atoms with E-state index in [-0.39, 0.29) is 21.1 Å². The van der Waals surface area contributed by atoms with E-state index in [0.29, 0.717) is 0 Å². The van der Waals surface area contributed by atoms with Crippen molar-refractivity contribution in [2.45, 2.75) is 12.8 Å². The molecule has 6 aromatic carbocycles. The fourth-order valence-electron chi connectivity index (χ4n) is 4.47. The van der Waals surface area contributed by atoms with Crippen molar-refractivity contribution in [1.82, 2.24) is 0 Å². The van der Waals surface area contributed by atoms with Gasteiger partial charge in [-0.25, -0.2) is 0 Å². The summed E-state index contributed by atoms with van der Waals surface area (Å²) in [6.45, 7) is 0. The van der Waals surface area contributed by atoms with Gasteiger partial charge in [-0.2, -0.15) is 24.3 Å². The molecule has 6 heteroatoms. The van der Waals surface area contributed by atoms with E-state index in [4.69, 9.17) is 0 Å². The van der Waals surface area contributed by atoms with Crippen molar-refractivity contribution in [3.8, 4) is 0 Å². The Labute approximate surface area is 289 Å². The number of nitrogens with zero attached hydrogens (tertiary/aromatic N) is 2. The average Bonchev–Trinajstić information content (AvgIpc) is 3.43. The van der Waals surface area contributed by atoms with Gasteiger partial charge in [0.25, 0.3) is 0 Å². The molecule has 2 unspecified atom stereocenters. The molecule has 0 N–H and O–H groups in total. The van der Waals surface area contributed by atoms with Gasteiger partial charge in [0.1, 0.15) is 0 Å². The van der Waals surface area contributed by atoms with Crippen LogP contribution in [0.3, 0.4) is 0 Å². The van der Waals surface area contributed by atoms with Gasteiger partial charge in [0.15, 0.2) is 0 Å². The molecule has 0 fully saturated rings. The van der Waals surface area contributed by atoms with Crippen LogP contribution in [0.15, 0.2) is 170 Å². The zero-order chi connectivity index (χ0) is 30.8. The van der Waals surface area contributed by atoms with Gasteiger partial charge in [0, 0.05) is 26.8 Å². The second-order valence-electron chi connectivity index (χ2n) is 10.1. The molecule has 2 nitrogen and oxygen atoms in total. The first kappa shape index (κ1) is 36.0. The zero-order valence-corrected chi connectivity index (χ0v) is 30.1. The topological polar surface area (TPSA) is 6.48 Å². The number of aryl methyl sites for hydroxylation is 2. The van der Waals surface area contributed by atoms with Crippen molar-refractivity contribution in [1.29, 1.82) is 0 Å². The largest absolute Gasteiger partial charge is 0.400 e. The predicted octanol–water partition coefficient (Wildman–Crippen LogP) is 8.45. The third-order valence-electron chi connectivity index (χ3n) is 6.75. The zero-order valence-electron chi connectivity index (χ0n) is 25.5. The first-order chi connectivity index (χ1) is 21.6. The Kier molecular flexibility index (Phi) is 16.4. The Hall–Kier alpha value is -3.47. The molecule has 0 aromatic heterocycles. The smallest absolute Gasteiger partial charge is 0.394 e. The van der Waals surface area contributed by atoms with E-state index in [0.717, 1.165) is 18.5 Å². The maximum Gasteiger partial charge on any atom is 0.394 e. The van der Waals surface area contributed by atoms with Crippen LogP contribution in [0, 0.1) is 6.07 Å². The first-order valence-corrected chi connectivity index (χ1v) is 15.9. The van der Waals surface area contributed by atoms with Crippen LogP contribution in [0.1, 0.15) is 11.1 Å². The van der Waals surface area contributed by atoms with Crippen LogP contribution >= 0.6 is 18.5 Å². The Morgan fingerprint density at radius 2 is 0.911 bits per heavy atom. The summed E-state index contributed by atoms with van der Waals surface area (Å²) in [6.07, 6.45) is 2.26. The summed E-state index contributed by atoms with van der Waals surface area (Å²) in [5.41, 5.74) is 6.32. The van der Waals surface area contributed by atoms with Gasteiger partial charge in [-0.3, -0.25) is 0 Å².